The number of hydrogen-bond acceptors (Lipinski definition) is 4. The third-order valence-corrected chi connectivity index (χ3v) is 4.65. The highest BCUT2D eigenvalue weighted by Gasteiger charge is 2.40. The lowest BCUT2D eigenvalue weighted by Crippen LogP contribution is -2.51. The van der Waals surface area contributed by atoms with Crippen LogP contribution in [0.1, 0.15) is 44.4 Å². The molecule has 25 heavy (non-hydrogen) atoms. The van der Waals surface area contributed by atoms with E-state index < -0.39 is 47.0 Å². The van der Waals surface area contributed by atoms with Gasteiger partial charge in [-0.05, 0) is 33.1 Å². The number of ether oxygens (including phenoxy) is 1. The van der Waals surface area contributed by atoms with Crippen molar-refractivity contribution in [2.75, 3.05) is 13.1 Å². The van der Waals surface area contributed by atoms with Gasteiger partial charge in [-0.1, -0.05) is 0 Å². The number of piperidine rings is 1. The number of likely N-dealkylation sites (tertiary alicyclic amines) is 1. The highest BCUT2D eigenvalue weighted by Crippen LogP contribution is 2.37. The molecule has 8 heteroatoms. The summed E-state index contributed by atoms with van der Waals surface area (Å²) in [6.45, 7) is 5.12. The Hall–Kier alpha value is -1.96. The Bertz CT molecular complexity index is 769. The first kappa shape index (κ1) is 17.8. The van der Waals surface area contributed by atoms with Gasteiger partial charge in [0.2, 0.25) is 0 Å². The molecule has 1 N–H and O–H groups in total. The summed E-state index contributed by atoms with van der Waals surface area (Å²) in [6, 6.07) is 0. The number of aliphatic hydroxyl groups excluding tert-OH is 1. The van der Waals surface area contributed by atoms with Crippen LogP contribution in [0.15, 0.2) is 4.79 Å². The zero-order chi connectivity index (χ0) is 18.5. The fourth-order valence-electron chi connectivity index (χ4n) is 3.71. The van der Waals surface area contributed by atoms with Crippen LogP contribution in [0.25, 0.3) is 0 Å². The largest absolute Gasteiger partial charge is 0.444 e. The van der Waals surface area contributed by atoms with Gasteiger partial charge in [0.25, 0.3) is 5.56 Å². The summed E-state index contributed by atoms with van der Waals surface area (Å²) in [7, 11) is 0. The summed E-state index contributed by atoms with van der Waals surface area (Å²) in [5.41, 5.74) is -2.10. The predicted molar refractivity (Wildman–Crippen MR) is 85.2 cm³/mol. The summed E-state index contributed by atoms with van der Waals surface area (Å²) in [4.78, 5) is 26.0. The monoisotopic (exact) mass is 356 g/mol. The SMILES string of the molecule is CC(C)(C)OC(=O)N1CC2CC(C1)c1c(F)c(CO)c(F)c(=O)n1C2. The van der Waals surface area contributed by atoms with Gasteiger partial charge in [0.15, 0.2) is 11.6 Å². The molecule has 1 amide bonds. The Kier molecular flexibility index (Phi) is 4.35. The van der Waals surface area contributed by atoms with Crippen molar-refractivity contribution < 1.29 is 23.4 Å². The van der Waals surface area contributed by atoms with Crippen molar-refractivity contribution in [3.63, 3.8) is 0 Å². The minimum absolute atomic E-state index is 0.0694. The van der Waals surface area contributed by atoms with E-state index in [1.165, 1.54) is 4.90 Å². The van der Waals surface area contributed by atoms with Crippen molar-refractivity contribution >= 4 is 6.09 Å². The molecule has 2 aliphatic rings. The third kappa shape index (κ3) is 3.15. The van der Waals surface area contributed by atoms with Crippen LogP contribution in [0.2, 0.25) is 0 Å². The van der Waals surface area contributed by atoms with Gasteiger partial charge in [0.1, 0.15) is 5.60 Å². The van der Waals surface area contributed by atoms with Gasteiger partial charge in [-0.15, -0.1) is 0 Å². The number of rotatable bonds is 1. The van der Waals surface area contributed by atoms with Crippen molar-refractivity contribution in [2.45, 2.75) is 51.9 Å². The smallest absolute Gasteiger partial charge is 0.410 e. The summed E-state index contributed by atoms with van der Waals surface area (Å²) in [5.74, 6) is -2.64. The van der Waals surface area contributed by atoms with E-state index in [1.807, 2.05) is 0 Å². The highest BCUT2D eigenvalue weighted by molar-refractivity contribution is 5.68. The van der Waals surface area contributed by atoms with E-state index in [0.717, 1.165) is 4.57 Å². The van der Waals surface area contributed by atoms with Gasteiger partial charge in [-0.2, -0.15) is 0 Å². The Morgan fingerprint density at radius 3 is 2.52 bits per heavy atom. The maximum absolute atomic E-state index is 14.7. The molecule has 0 saturated carbocycles. The van der Waals surface area contributed by atoms with E-state index in [4.69, 9.17) is 4.74 Å². The average molecular weight is 356 g/mol. The molecule has 0 aliphatic carbocycles. The Morgan fingerprint density at radius 1 is 1.24 bits per heavy atom. The van der Waals surface area contributed by atoms with E-state index in [0.29, 0.717) is 13.0 Å². The summed E-state index contributed by atoms with van der Waals surface area (Å²) in [6.07, 6.45) is 0.120. The number of carbonyl (C=O) groups is 1. The number of aliphatic hydroxyl groups is 1. The fraction of sp³-hybridized carbons (Fsp3) is 0.647. The van der Waals surface area contributed by atoms with Crippen LogP contribution < -0.4 is 5.56 Å². The third-order valence-electron chi connectivity index (χ3n) is 4.65. The van der Waals surface area contributed by atoms with Crippen LogP contribution in [0.4, 0.5) is 13.6 Å². The lowest BCUT2D eigenvalue weighted by molar-refractivity contribution is 0.00964. The Labute approximate surface area is 144 Å². The van der Waals surface area contributed by atoms with Crippen LogP contribution in [0, 0.1) is 17.6 Å². The molecule has 3 heterocycles. The summed E-state index contributed by atoms with van der Waals surface area (Å²) in [5, 5.41) is 9.21. The van der Waals surface area contributed by atoms with Crippen LogP contribution >= 0.6 is 0 Å². The molecule has 0 radical (unpaired) electrons. The van der Waals surface area contributed by atoms with Gasteiger partial charge in [-0.25, -0.2) is 13.6 Å². The number of aromatic nitrogens is 1. The molecule has 1 aromatic heterocycles. The van der Waals surface area contributed by atoms with Crippen molar-refractivity contribution in [3.05, 3.63) is 33.2 Å². The fourth-order valence-corrected chi connectivity index (χ4v) is 3.71. The second kappa shape index (κ2) is 6.09. The first-order valence-corrected chi connectivity index (χ1v) is 8.31. The van der Waals surface area contributed by atoms with Crippen molar-refractivity contribution in [2.24, 2.45) is 5.92 Å². The van der Waals surface area contributed by atoms with Crippen molar-refractivity contribution in [1.29, 1.82) is 0 Å². The topological polar surface area (TPSA) is 71.8 Å². The zero-order valence-corrected chi connectivity index (χ0v) is 14.5. The minimum atomic E-state index is -1.24. The van der Waals surface area contributed by atoms with E-state index in [-0.39, 0.29) is 24.7 Å². The molecule has 2 atom stereocenters. The number of amides is 1. The maximum atomic E-state index is 14.7. The Balaban J connectivity index is 1.97. The summed E-state index contributed by atoms with van der Waals surface area (Å²) < 4.78 is 35.2. The molecule has 1 aromatic rings. The molecule has 2 aliphatic heterocycles. The molecule has 2 unspecified atom stereocenters. The molecule has 1 fully saturated rings. The zero-order valence-electron chi connectivity index (χ0n) is 14.5. The number of fused-ring (bicyclic) bond motifs is 4. The molecule has 6 nitrogen and oxygen atoms in total. The van der Waals surface area contributed by atoms with Gasteiger partial charge in [0, 0.05) is 25.6 Å². The molecule has 0 spiro atoms. The number of nitrogens with zero attached hydrogens (tertiary/aromatic N) is 2. The first-order chi connectivity index (χ1) is 11.6. The molecule has 3 rings (SSSR count). The molecule has 1 saturated heterocycles. The Morgan fingerprint density at radius 2 is 1.92 bits per heavy atom. The second-order valence-electron chi connectivity index (χ2n) is 7.75. The molecule has 2 bridgehead atoms. The van der Waals surface area contributed by atoms with Crippen LogP contribution in [-0.2, 0) is 17.9 Å². The van der Waals surface area contributed by atoms with Crippen molar-refractivity contribution in [3.8, 4) is 0 Å². The van der Waals surface area contributed by atoms with E-state index in [2.05, 4.69) is 0 Å². The van der Waals surface area contributed by atoms with Crippen LogP contribution in [0.5, 0.6) is 0 Å². The quantitative estimate of drug-likeness (QED) is 0.835. The molecular formula is C17H22F2N2O4. The summed E-state index contributed by atoms with van der Waals surface area (Å²) >= 11 is 0. The van der Waals surface area contributed by atoms with Crippen LogP contribution in [-0.4, -0.2) is 39.4 Å². The lowest BCUT2D eigenvalue weighted by atomic mass is 9.82. The standard InChI is InChI=1S/C17H22F2N2O4/c1-17(2,3)25-16(24)20-5-9-4-10(7-20)14-12(18)11(8-22)13(19)15(23)21(14)6-9/h9-10,22H,4-8H2,1-3H3. The second-order valence-corrected chi connectivity index (χ2v) is 7.75. The molecular weight excluding hydrogens is 334 g/mol. The minimum Gasteiger partial charge on any atom is -0.444 e. The van der Waals surface area contributed by atoms with E-state index >= 15 is 0 Å². The lowest BCUT2D eigenvalue weighted by Gasteiger charge is -2.43. The van der Waals surface area contributed by atoms with E-state index in [1.54, 1.807) is 20.8 Å². The molecule has 0 aromatic carbocycles. The molecule has 138 valence electrons. The van der Waals surface area contributed by atoms with Crippen molar-refractivity contribution in [1.82, 2.24) is 9.47 Å². The highest BCUT2D eigenvalue weighted by atomic mass is 19.1. The van der Waals surface area contributed by atoms with Gasteiger partial charge < -0.3 is 19.3 Å². The van der Waals surface area contributed by atoms with E-state index in [9.17, 15) is 23.5 Å². The van der Waals surface area contributed by atoms with Gasteiger partial charge in [0.05, 0.1) is 17.9 Å². The van der Waals surface area contributed by atoms with Gasteiger partial charge in [-0.3, -0.25) is 4.79 Å². The first-order valence-electron chi connectivity index (χ1n) is 8.31. The maximum Gasteiger partial charge on any atom is 0.410 e. The number of carbonyl (C=O) groups excluding carboxylic acids is 1. The predicted octanol–water partition coefficient (Wildman–Crippen LogP) is 1.97. The number of pyridine rings is 1. The van der Waals surface area contributed by atoms with Gasteiger partial charge >= 0.3 is 6.09 Å². The number of halogens is 2. The average Bonchev–Trinajstić information content (AvgIpc) is 2.50. The number of hydrogen-bond donors (Lipinski definition) is 1. The van der Waals surface area contributed by atoms with Crippen LogP contribution in [0.3, 0.4) is 0 Å². The normalized spacial score (nSPS) is 22.6.